The van der Waals surface area contributed by atoms with Crippen LogP contribution in [0.2, 0.25) is 0 Å². The van der Waals surface area contributed by atoms with Gasteiger partial charge < -0.3 is 63.8 Å². The molecule has 103 heavy (non-hydrogen) atoms. The molecule has 0 unspecified atom stereocenters. The molecule has 34 heteroatoms. The molecule has 0 atom stereocenters. The number of rotatable bonds is 8. The molecule has 5 heterocycles. The molecule has 21 nitrogen and oxygen atoms in total. The molecule has 0 aliphatic carbocycles. The fourth-order valence-electron chi connectivity index (χ4n) is 8.25. The molecule has 0 spiro atoms. The molecule has 3 fully saturated rings. The first-order valence-corrected chi connectivity index (χ1v) is 33.8. The molecular weight excluding hydrogens is 1690 g/mol. The number of carbonyl (C=O) groups excluding carboxylic acids is 1. The molecule has 0 saturated carbocycles. The average molecular weight is 1790 g/mol. The normalized spacial score (nSPS) is 15.7. The predicted octanol–water partition coefficient (Wildman–Crippen LogP) is 19.5. The van der Waals surface area contributed by atoms with Crippen molar-refractivity contribution in [3.63, 3.8) is 0 Å². The zero-order valence-corrected chi connectivity index (χ0v) is 65.1. The summed E-state index contributed by atoms with van der Waals surface area (Å²) in [6.07, 6.45) is 1.53. The molecule has 11 rings (SSSR count). The second kappa shape index (κ2) is 43.7. The Bertz CT molecular complexity index is 3990. The van der Waals surface area contributed by atoms with Crippen LogP contribution < -0.4 is 27.3 Å². The Hall–Kier alpha value is -5.78. The summed E-state index contributed by atoms with van der Waals surface area (Å²) < 4.78 is 101. The van der Waals surface area contributed by atoms with Crippen LogP contribution in [0.5, 0.6) is 0 Å². The number of anilines is 2. The highest BCUT2D eigenvalue weighted by atomic mass is 79.9. The largest absolute Gasteiger partial charge is 0.494 e. The number of carbonyl (C=O) groups is 1. The van der Waals surface area contributed by atoms with Crippen LogP contribution >= 0.6 is 91.3 Å². The van der Waals surface area contributed by atoms with E-state index >= 15 is 0 Å². The Morgan fingerprint density at radius 2 is 0.854 bits per heavy atom. The van der Waals surface area contributed by atoms with Gasteiger partial charge in [0, 0.05) is 49.1 Å². The monoisotopic (exact) mass is 1780 g/mol. The van der Waals surface area contributed by atoms with Gasteiger partial charge in [-0.2, -0.15) is 0 Å². The molecule has 3 saturated heterocycles. The highest BCUT2D eigenvalue weighted by Gasteiger charge is 2.64. The van der Waals surface area contributed by atoms with Crippen LogP contribution in [0.25, 0.3) is 21.9 Å². The zero-order valence-electron chi connectivity index (χ0n) is 56.4. The minimum atomic E-state index is -0.527. The van der Waals surface area contributed by atoms with Crippen molar-refractivity contribution >= 4 is 175 Å². The third-order valence-electron chi connectivity index (χ3n) is 15.7. The van der Waals surface area contributed by atoms with Crippen LogP contribution in [0.3, 0.4) is 0 Å². The second-order valence-corrected chi connectivity index (χ2v) is 28.7. The van der Waals surface area contributed by atoms with Gasteiger partial charge in [0.05, 0.1) is 67.3 Å². The molecule has 0 bridgehead atoms. The summed E-state index contributed by atoms with van der Waals surface area (Å²) in [7, 11) is 5.27. The maximum absolute atomic E-state index is 13.1. The first-order chi connectivity index (χ1) is 45.8. The van der Waals surface area contributed by atoms with Gasteiger partial charge in [0.1, 0.15) is 23.3 Å². The van der Waals surface area contributed by atoms with Crippen molar-refractivity contribution in [1.82, 2.24) is 15.8 Å². The first-order valence-electron chi connectivity index (χ1n) is 29.5. The van der Waals surface area contributed by atoms with Gasteiger partial charge in [0.25, 0.3) is 0 Å². The zero-order chi connectivity index (χ0) is 73.9. The number of halogens is 10. The number of aliphatic imine (C=N–C) groups is 1. The number of hydrogen-bond donors (Lipinski definition) is 7. The van der Waals surface area contributed by atoms with E-state index in [0.717, 1.165) is 58.7 Å². The molecule has 6 aromatic carbocycles. The number of nitrogens with zero attached hydrogens (tertiary/aromatic N) is 5. The maximum Gasteiger partial charge on any atom is 0.494 e. The molecule has 0 radical (unpaired) electrons. The Balaban J connectivity index is 0. The maximum atomic E-state index is 13.1. The van der Waals surface area contributed by atoms with Gasteiger partial charge in [0.2, 0.25) is 0 Å². The molecule has 0 amide bonds. The van der Waals surface area contributed by atoms with E-state index in [1.807, 2.05) is 139 Å². The smallest absolute Gasteiger partial charge is 0.411 e. The number of hydroxylamine groups is 1. The van der Waals surface area contributed by atoms with E-state index < -0.39 is 37.3 Å². The highest BCUT2D eigenvalue weighted by Crippen LogP contribution is 2.43. The SMILES string of the molecule is C.C.C.C.C.CC1(C)OB(B2OC(C)(C)C(C)(C)O2)OC1(C)C.CN.CN=C(NO)c1cc(Br)ccc1F.CNc1noc2ccc(B3OC(C)(C)C(C)(C)O3)cc12.CNc1noc2ccc(Br)cc12.O/N=C(/Cl)c1cc(Br)ccc1F.O/N=C\c1cc(Br)ccc1F.O=Cc1cc(Br)ccc1F. The van der Waals surface area contributed by atoms with Gasteiger partial charge >= 0.3 is 21.1 Å². The quantitative estimate of drug-likeness (QED) is 0.0142. The lowest BCUT2D eigenvalue weighted by Gasteiger charge is -2.32. The summed E-state index contributed by atoms with van der Waals surface area (Å²) in [6, 6.07) is 28.8. The topological polar surface area (TPSA) is 284 Å². The Morgan fingerprint density at radius 3 is 1.23 bits per heavy atom. The summed E-state index contributed by atoms with van der Waals surface area (Å²) >= 11 is 21.4. The van der Waals surface area contributed by atoms with Crippen LogP contribution in [-0.2, 0) is 27.9 Å². The van der Waals surface area contributed by atoms with Crippen molar-refractivity contribution in [2.75, 3.05) is 38.8 Å². The molecule has 3 aliphatic heterocycles. The number of nitrogens with one attached hydrogen (secondary N) is 3. The van der Waals surface area contributed by atoms with Gasteiger partial charge in [0.15, 0.2) is 40.1 Å². The number of fused-ring (bicyclic) bond motifs is 2. The van der Waals surface area contributed by atoms with Gasteiger partial charge in [-0.25, -0.2) is 17.6 Å². The van der Waals surface area contributed by atoms with Gasteiger partial charge in [-0.05, 0) is 199 Å². The van der Waals surface area contributed by atoms with Crippen molar-refractivity contribution in [1.29, 1.82) is 0 Å². The van der Waals surface area contributed by atoms with E-state index in [-0.39, 0.29) is 111 Å². The molecule has 8 N–H and O–H groups in total. The van der Waals surface area contributed by atoms with Crippen LogP contribution in [0.1, 0.15) is 147 Å². The molecular formula is C69H96B3Br5ClF4N9O12. The number of benzene rings is 6. The molecule has 2 aromatic heterocycles. The van der Waals surface area contributed by atoms with Crippen molar-refractivity contribution in [2.45, 2.75) is 154 Å². The summed E-state index contributed by atoms with van der Waals surface area (Å²) in [5, 5.41) is 45.9. The van der Waals surface area contributed by atoms with Crippen LogP contribution in [0.15, 0.2) is 156 Å². The van der Waals surface area contributed by atoms with E-state index in [2.05, 4.69) is 122 Å². The van der Waals surface area contributed by atoms with Crippen molar-refractivity contribution in [3.8, 4) is 0 Å². The van der Waals surface area contributed by atoms with Crippen LogP contribution in [0.4, 0.5) is 29.2 Å². The summed E-state index contributed by atoms with van der Waals surface area (Å²) in [5.41, 5.74) is 7.33. The third-order valence-corrected chi connectivity index (χ3v) is 18.4. The van der Waals surface area contributed by atoms with E-state index in [1.165, 1.54) is 68.7 Å². The van der Waals surface area contributed by atoms with Gasteiger partial charge in [-0.1, -0.05) is 155 Å². The fraction of sp³-hybridized carbons (Fsp3) is 0.391. The summed E-state index contributed by atoms with van der Waals surface area (Å²) in [6.45, 7) is 24.4. The van der Waals surface area contributed by atoms with Crippen molar-refractivity contribution in [2.24, 2.45) is 21.0 Å². The molecule has 8 aromatic rings. The van der Waals surface area contributed by atoms with Crippen molar-refractivity contribution in [3.05, 3.63) is 177 Å². The average Bonchev–Trinajstić information content (AvgIpc) is 1.44. The molecule has 568 valence electrons. The number of hydrogen-bond acceptors (Lipinski definition) is 20. The standard InChI is InChI=1S/C14H19BN2O3.C12H24B2O4.C8H8BrFN2O.C8H7BrN2O.C7H4BrClFNO.C7H5BrFNO.C7H4BrFO.CH5N.5CH4/c1-13(2)14(3,4)20-15(19-13)9-6-7-11-10(8-9)12(16-5)17-18-11;1-9(2)10(3,4)16-13(15-9)14-17-11(5,6)12(7,8)18-14;1-11-8(12-13)6-4-5(9)2-3-7(6)10;1-10-8-6-4-5(9)2-3-7(6)12-11-8;8-4-1-2-6(10)5(3-4)7(9)11-12;8-6-1-2-7(9)5(3-6)4-10-11;8-6-1-2-7(9)5(3-6)4-10;1-2;;;;;/h6-8H,1-5H3,(H,16,17);1-8H3;2-4,13H,1H3,(H,11,12);2-4H,1H3,(H,10,11);1-3,12H;1-4,11H;1-4H;2H2,1H3;5*1H4/b;;;;11-7+;10-4-;;;;;;;. The Kier molecular flexibility index (Phi) is 42.2. The lowest BCUT2D eigenvalue weighted by molar-refractivity contribution is 0.00578. The lowest BCUT2D eigenvalue weighted by atomic mass is 9.49. The number of nitrogens with two attached hydrogens (primary N) is 1. The van der Waals surface area contributed by atoms with Gasteiger partial charge in [-0.15, -0.1) is 0 Å². The van der Waals surface area contributed by atoms with E-state index in [9.17, 15) is 22.4 Å². The highest BCUT2D eigenvalue weighted by molar-refractivity contribution is 9.11. The van der Waals surface area contributed by atoms with E-state index in [1.54, 1.807) is 18.2 Å². The molecule has 3 aliphatic rings. The summed E-state index contributed by atoms with van der Waals surface area (Å²) in [5.74, 6) is -0.279. The fourth-order valence-corrected chi connectivity index (χ4v) is 10.2. The minimum absolute atomic E-state index is 0. The minimum Gasteiger partial charge on any atom is -0.411 e. The van der Waals surface area contributed by atoms with Gasteiger partial charge in [-0.3, -0.25) is 20.5 Å². The number of oxime groups is 2. The first kappa shape index (κ1) is 99.3. The summed E-state index contributed by atoms with van der Waals surface area (Å²) in [4.78, 5) is 13.8. The number of aromatic nitrogens is 2. The predicted molar refractivity (Wildman–Crippen MR) is 429 cm³/mol. The number of aldehydes is 1. The van der Waals surface area contributed by atoms with E-state index in [4.69, 9.17) is 64.2 Å². The second-order valence-electron chi connectivity index (χ2n) is 23.8. The van der Waals surface area contributed by atoms with Crippen LogP contribution in [0, 0.1) is 23.3 Å². The van der Waals surface area contributed by atoms with E-state index in [0.29, 0.717) is 15.2 Å². The Labute approximate surface area is 651 Å². The Morgan fingerprint density at radius 1 is 0.515 bits per heavy atom. The third kappa shape index (κ3) is 26.9. The van der Waals surface area contributed by atoms with Crippen molar-refractivity contribution < 1.29 is 75.0 Å². The number of amidine groups is 1. The van der Waals surface area contributed by atoms with Crippen LogP contribution in [-0.4, -0.2) is 132 Å². The lowest BCUT2D eigenvalue weighted by Crippen LogP contribution is -2.41.